The van der Waals surface area contributed by atoms with Gasteiger partial charge in [-0.15, -0.1) is 0 Å². The zero-order valence-corrected chi connectivity index (χ0v) is 22.3. The molecule has 0 bridgehead atoms. The Labute approximate surface area is 240 Å². The Morgan fingerprint density at radius 3 is 1.56 bits per heavy atom. The number of aromatic hydroxyl groups is 1. The first-order chi connectivity index (χ1) is 19.8. The van der Waals surface area contributed by atoms with E-state index in [1.165, 1.54) is 36.4 Å². The molecule has 41 heavy (non-hydrogen) atoms. The molecule has 0 radical (unpaired) electrons. The summed E-state index contributed by atoms with van der Waals surface area (Å²) in [7, 11) is 0. The van der Waals surface area contributed by atoms with Crippen molar-refractivity contribution < 1.29 is 28.2 Å². The molecule has 0 fully saturated rings. The predicted molar refractivity (Wildman–Crippen MR) is 158 cm³/mol. The Kier molecular flexibility index (Phi) is 9.75. The van der Waals surface area contributed by atoms with Gasteiger partial charge in [-0.3, -0.25) is 4.79 Å². The van der Waals surface area contributed by atoms with Gasteiger partial charge in [0.2, 0.25) is 0 Å². The van der Waals surface area contributed by atoms with Crippen molar-refractivity contribution in [2.75, 3.05) is 0 Å². The number of rotatable bonds is 3. The summed E-state index contributed by atoms with van der Waals surface area (Å²) in [6.45, 7) is 0. The molecule has 0 unspecified atom stereocenters. The highest BCUT2D eigenvalue weighted by Gasteiger charge is 2.13. The van der Waals surface area contributed by atoms with Gasteiger partial charge in [-0.25, -0.2) is 13.6 Å². The molecule has 0 spiro atoms. The molecule has 0 aliphatic rings. The summed E-state index contributed by atoms with van der Waals surface area (Å²) >= 11 is 5.03. The Balaban J connectivity index is 0.000000156. The Morgan fingerprint density at radius 1 is 0.561 bits per heavy atom. The van der Waals surface area contributed by atoms with Crippen molar-refractivity contribution in [2.45, 2.75) is 0 Å². The van der Waals surface area contributed by atoms with Crippen LogP contribution < -0.4 is 4.74 Å². The van der Waals surface area contributed by atoms with Crippen LogP contribution in [0, 0.1) is 11.6 Å². The van der Waals surface area contributed by atoms with Crippen LogP contribution in [-0.4, -0.2) is 16.3 Å². The van der Waals surface area contributed by atoms with E-state index in [0.29, 0.717) is 11.5 Å². The van der Waals surface area contributed by atoms with Crippen molar-refractivity contribution in [3.8, 4) is 11.5 Å². The molecule has 204 valence electrons. The SMILES string of the molecule is O=C(Cl)c1ccccc1F.O=C(Oc1ccc2ccccc2c1)c1ccccc1F.Oc1ccc2ccccc2c1. The number of phenols is 1. The highest BCUT2D eigenvalue weighted by Crippen LogP contribution is 2.22. The smallest absolute Gasteiger partial charge is 0.346 e. The minimum absolute atomic E-state index is 0.0688. The minimum Gasteiger partial charge on any atom is -0.508 e. The van der Waals surface area contributed by atoms with Crippen molar-refractivity contribution in [2.24, 2.45) is 0 Å². The van der Waals surface area contributed by atoms with Gasteiger partial charge in [0.1, 0.15) is 23.1 Å². The first-order valence-corrected chi connectivity index (χ1v) is 12.8. The van der Waals surface area contributed by atoms with E-state index in [1.807, 2.05) is 60.7 Å². The van der Waals surface area contributed by atoms with E-state index in [2.05, 4.69) is 0 Å². The minimum atomic E-state index is -0.766. The van der Waals surface area contributed by atoms with Crippen LogP contribution in [-0.2, 0) is 0 Å². The van der Waals surface area contributed by atoms with E-state index in [4.69, 9.17) is 21.4 Å². The van der Waals surface area contributed by atoms with E-state index < -0.39 is 22.8 Å². The molecule has 6 rings (SSSR count). The number of carbonyl (C=O) groups is 2. The third-order valence-electron chi connectivity index (χ3n) is 5.84. The van der Waals surface area contributed by atoms with Gasteiger partial charge in [-0.05, 0) is 81.7 Å². The lowest BCUT2D eigenvalue weighted by Gasteiger charge is -2.06. The van der Waals surface area contributed by atoms with E-state index >= 15 is 0 Å². The average Bonchev–Trinajstić information content (AvgIpc) is 2.98. The van der Waals surface area contributed by atoms with Gasteiger partial charge >= 0.3 is 5.97 Å². The van der Waals surface area contributed by atoms with Gasteiger partial charge in [0.05, 0.1) is 11.1 Å². The normalized spacial score (nSPS) is 10.1. The molecule has 6 aromatic carbocycles. The van der Waals surface area contributed by atoms with Crippen molar-refractivity contribution >= 4 is 44.4 Å². The van der Waals surface area contributed by atoms with Crippen molar-refractivity contribution in [3.05, 3.63) is 156 Å². The average molecular weight is 569 g/mol. The van der Waals surface area contributed by atoms with Crippen LogP contribution in [0.4, 0.5) is 8.78 Å². The lowest BCUT2D eigenvalue weighted by molar-refractivity contribution is 0.0730. The van der Waals surface area contributed by atoms with Gasteiger partial charge in [-0.2, -0.15) is 0 Å². The number of hydrogen-bond acceptors (Lipinski definition) is 4. The number of fused-ring (bicyclic) bond motifs is 2. The molecule has 1 N–H and O–H groups in total. The monoisotopic (exact) mass is 568 g/mol. The second-order valence-corrected chi connectivity index (χ2v) is 9.01. The maximum atomic E-state index is 13.5. The van der Waals surface area contributed by atoms with Crippen LogP contribution in [0.15, 0.2) is 133 Å². The van der Waals surface area contributed by atoms with Crippen molar-refractivity contribution in [3.63, 3.8) is 0 Å². The Morgan fingerprint density at radius 2 is 1.02 bits per heavy atom. The summed E-state index contributed by atoms with van der Waals surface area (Å²) in [4.78, 5) is 22.3. The number of phenolic OH excluding ortho intramolecular Hbond substituents is 1. The second-order valence-electron chi connectivity index (χ2n) is 8.66. The van der Waals surface area contributed by atoms with Gasteiger partial charge in [0.25, 0.3) is 5.24 Å². The lowest BCUT2D eigenvalue weighted by atomic mass is 10.1. The summed E-state index contributed by atoms with van der Waals surface area (Å²) in [5, 5.41) is 12.6. The molecule has 0 atom stereocenters. The summed E-state index contributed by atoms with van der Waals surface area (Å²) in [6.07, 6.45) is 0. The molecule has 4 nitrogen and oxygen atoms in total. The molecular formula is C34H23ClF2O4. The Bertz CT molecular complexity index is 1820. The molecule has 0 aliphatic heterocycles. The fourth-order valence-corrected chi connectivity index (χ4v) is 3.97. The van der Waals surface area contributed by atoms with Crippen LogP contribution in [0.5, 0.6) is 11.5 Å². The van der Waals surface area contributed by atoms with E-state index in [9.17, 15) is 18.4 Å². The molecule has 0 aromatic heterocycles. The van der Waals surface area contributed by atoms with Crippen LogP contribution in [0.25, 0.3) is 21.5 Å². The van der Waals surface area contributed by atoms with Gasteiger partial charge in [0.15, 0.2) is 0 Å². The molecular weight excluding hydrogens is 546 g/mol. The summed E-state index contributed by atoms with van der Waals surface area (Å²) in [6, 6.07) is 37.7. The van der Waals surface area contributed by atoms with Gasteiger partial charge < -0.3 is 9.84 Å². The maximum absolute atomic E-state index is 13.5. The maximum Gasteiger partial charge on any atom is 0.346 e. The third kappa shape index (κ3) is 7.97. The first-order valence-electron chi connectivity index (χ1n) is 12.4. The molecule has 6 aromatic rings. The van der Waals surface area contributed by atoms with Gasteiger partial charge in [0, 0.05) is 0 Å². The summed E-state index contributed by atoms with van der Waals surface area (Å²) < 4.78 is 31.2. The van der Waals surface area contributed by atoms with Crippen LogP contribution in [0.2, 0.25) is 0 Å². The zero-order valence-electron chi connectivity index (χ0n) is 21.5. The highest BCUT2D eigenvalue weighted by molar-refractivity contribution is 6.67. The molecule has 0 amide bonds. The van der Waals surface area contributed by atoms with E-state index in [-0.39, 0.29) is 11.1 Å². The number of benzene rings is 6. The molecule has 7 heteroatoms. The zero-order chi connectivity index (χ0) is 29.2. The van der Waals surface area contributed by atoms with Crippen LogP contribution in [0.1, 0.15) is 20.7 Å². The summed E-state index contributed by atoms with van der Waals surface area (Å²) in [5.74, 6) is -1.14. The molecule has 0 saturated heterocycles. The first kappa shape index (κ1) is 28.9. The van der Waals surface area contributed by atoms with E-state index in [0.717, 1.165) is 21.5 Å². The van der Waals surface area contributed by atoms with Crippen molar-refractivity contribution in [1.82, 2.24) is 0 Å². The summed E-state index contributed by atoms with van der Waals surface area (Å²) in [5.41, 5.74) is -0.148. The molecule has 0 aliphatic carbocycles. The number of halogens is 3. The van der Waals surface area contributed by atoms with E-state index in [1.54, 1.807) is 36.4 Å². The second kappa shape index (κ2) is 13.8. The number of esters is 1. The number of carbonyl (C=O) groups excluding carboxylic acids is 2. The topological polar surface area (TPSA) is 63.6 Å². The highest BCUT2D eigenvalue weighted by atomic mass is 35.5. The lowest BCUT2D eigenvalue weighted by Crippen LogP contribution is -2.10. The quantitative estimate of drug-likeness (QED) is 0.131. The number of ether oxygens (including phenoxy) is 1. The standard InChI is InChI=1S/C17H11FO2.C10H8O.C7H4ClFO/c18-16-8-4-3-7-15(16)17(19)20-14-10-9-12-5-1-2-6-13(12)11-14;11-10-6-5-8-3-1-2-4-9(8)7-10;8-7(10)5-3-1-2-4-6(5)9/h1-11H;1-7,11H;1-4H. The number of hydrogen-bond donors (Lipinski definition) is 1. The predicted octanol–water partition coefficient (Wildman–Crippen LogP) is 8.95. The fraction of sp³-hybridized carbons (Fsp3) is 0. The van der Waals surface area contributed by atoms with Gasteiger partial charge in [-0.1, -0.05) is 84.9 Å². The molecule has 0 heterocycles. The third-order valence-corrected chi connectivity index (χ3v) is 6.05. The van der Waals surface area contributed by atoms with Crippen LogP contribution in [0.3, 0.4) is 0 Å². The van der Waals surface area contributed by atoms with Crippen molar-refractivity contribution in [1.29, 1.82) is 0 Å². The largest absolute Gasteiger partial charge is 0.508 e. The van der Waals surface area contributed by atoms with Crippen LogP contribution >= 0.6 is 11.6 Å². The fourth-order valence-electron chi connectivity index (χ4n) is 3.82. The Hall–Kier alpha value is -5.07. The molecule has 0 saturated carbocycles.